The highest BCUT2D eigenvalue weighted by molar-refractivity contribution is 6.34. The van der Waals surface area contributed by atoms with E-state index < -0.39 is 0 Å². The number of piperidine rings is 1. The molecule has 0 radical (unpaired) electrons. The van der Waals surface area contributed by atoms with Crippen molar-refractivity contribution in [3.63, 3.8) is 0 Å². The first kappa shape index (κ1) is 16.7. The number of nitrogens with zero attached hydrogens (tertiary/aromatic N) is 2. The maximum absolute atomic E-state index is 13.0. The molecular weight excluding hydrogens is 340 g/mol. The van der Waals surface area contributed by atoms with E-state index in [9.17, 15) is 9.59 Å². The van der Waals surface area contributed by atoms with Crippen molar-refractivity contribution in [1.29, 1.82) is 0 Å². The average Bonchev–Trinajstić information content (AvgIpc) is 3.19. The number of carbonyl (C=O) groups is 2. The first-order chi connectivity index (χ1) is 12.0. The Morgan fingerprint density at radius 1 is 1.28 bits per heavy atom. The van der Waals surface area contributed by atoms with Crippen molar-refractivity contribution in [2.45, 2.75) is 43.8 Å². The minimum Gasteiger partial charge on any atom is -0.339 e. The van der Waals surface area contributed by atoms with Crippen LogP contribution >= 0.6 is 11.6 Å². The van der Waals surface area contributed by atoms with Crippen LogP contribution in [0.2, 0.25) is 5.02 Å². The van der Waals surface area contributed by atoms with E-state index in [1.54, 1.807) is 23.1 Å². The van der Waals surface area contributed by atoms with E-state index in [4.69, 9.17) is 11.6 Å². The quantitative estimate of drug-likeness (QED) is 0.866. The van der Waals surface area contributed by atoms with Crippen molar-refractivity contribution in [2.75, 3.05) is 25.0 Å². The molecule has 2 unspecified atom stereocenters. The number of carbonyl (C=O) groups excluding carboxylic acids is 2. The van der Waals surface area contributed by atoms with Gasteiger partial charge in [0.25, 0.3) is 5.91 Å². The smallest absolute Gasteiger partial charge is 0.322 e. The number of benzene rings is 1. The summed E-state index contributed by atoms with van der Waals surface area (Å²) in [5, 5.41) is 6.85. The monoisotopic (exact) mass is 362 g/mol. The third kappa shape index (κ3) is 3.09. The molecule has 3 fully saturated rings. The van der Waals surface area contributed by atoms with E-state index in [0.717, 1.165) is 12.8 Å². The maximum Gasteiger partial charge on any atom is 0.322 e. The minimum atomic E-state index is -0.171. The van der Waals surface area contributed by atoms with Crippen LogP contribution in [-0.2, 0) is 0 Å². The molecule has 2 atom stereocenters. The van der Waals surface area contributed by atoms with Crippen molar-refractivity contribution in [2.24, 2.45) is 0 Å². The molecule has 7 heteroatoms. The number of rotatable bonds is 3. The van der Waals surface area contributed by atoms with Crippen LogP contribution in [0.1, 0.15) is 36.0 Å². The molecule has 2 N–H and O–H groups in total. The summed E-state index contributed by atoms with van der Waals surface area (Å²) in [5.41, 5.74) is 1.17. The summed E-state index contributed by atoms with van der Waals surface area (Å²) in [4.78, 5) is 28.4. The topological polar surface area (TPSA) is 64.7 Å². The van der Waals surface area contributed by atoms with Crippen LogP contribution in [0.4, 0.5) is 10.5 Å². The standard InChI is InChI=1S/C18H23ClN4O2/c1-22(14-9-12-3-4-13(10-14)21-12)17(24)11-2-5-15(19)16(8-11)23-7-6-20-18(23)25/h2,5,8,12-14,21H,3-4,6-7,9-10H2,1H3,(H,20,25). The lowest BCUT2D eigenvalue weighted by Crippen LogP contribution is -2.48. The molecule has 134 valence electrons. The normalized spacial score (nSPS) is 28.2. The van der Waals surface area contributed by atoms with E-state index >= 15 is 0 Å². The molecule has 1 aromatic rings. The third-order valence-corrected chi connectivity index (χ3v) is 5.98. The summed E-state index contributed by atoms with van der Waals surface area (Å²) in [6.45, 7) is 1.15. The lowest BCUT2D eigenvalue weighted by Gasteiger charge is -2.35. The lowest BCUT2D eigenvalue weighted by atomic mass is 9.98. The van der Waals surface area contributed by atoms with Gasteiger partial charge in [-0.3, -0.25) is 9.69 Å². The summed E-state index contributed by atoms with van der Waals surface area (Å²) < 4.78 is 0. The van der Waals surface area contributed by atoms with Gasteiger partial charge in [-0.05, 0) is 43.9 Å². The van der Waals surface area contributed by atoms with Crippen LogP contribution < -0.4 is 15.5 Å². The van der Waals surface area contributed by atoms with E-state index in [0.29, 0.717) is 41.4 Å². The highest BCUT2D eigenvalue weighted by Crippen LogP contribution is 2.32. The predicted molar refractivity (Wildman–Crippen MR) is 97.3 cm³/mol. The van der Waals surface area contributed by atoms with Gasteiger partial charge in [0, 0.05) is 43.8 Å². The summed E-state index contributed by atoms with van der Waals surface area (Å²) in [7, 11) is 1.88. The number of urea groups is 1. The molecule has 3 aliphatic rings. The second-order valence-electron chi connectivity index (χ2n) is 7.23. The molecule has 0 saturated carbocycles. The van der Waals surface area contributed by atoms with E-state index in [2.05, 4.69) is 10.6 Å². The Hall–Kier alpha value is -1.79. The largest absolute Gasteiger partial charge is 0.339 e. The molecule has 6 nitrogen and oxygen atoms in total. The molecule has 3 aliphatic heterocycles. The second kappa shape index (κ2) is 6.50. The summed E-state index contributed by atoms with van der Waals surface area (Å²) in [6, 6.07) is 6.35. The van der Waals surface area contributed by atoms with Gasteiger partial charge in [0.2, 0.25) is 0 Å². The number of anilines is 1. The Balaban J connectivity index is 1.54. The van der Waals surface area contributed by atoms with Crippen LogP contribution in [-0.4, -0.2) is 55.1 Å². The van der Waals surface area contributed by atoms with Crippen molar-refractivity contribution >= 4 is 29.2 Å². The average molecular weight is 363 g/mol. The lowest BCUT2D eigenvalue weighted by molar-refractivity contribution is 0.0681. The maximum atomic E-state index is 13.0. The number of hydrogen-bond donors (Lipinski definition) is 2. The number of halogens is 1. The van der Waals surface area contributed by atoms with Crippen molar-refractivity contribution in [1.82, 2.24) is 15.5 Å². The third-order valence-electron chi connectivity index (χ3n) is 5.66. The van der Waals surface area contributed by atoms with Crippen LogP contribution in [0.15, 0.2) is 18.2 Å². The minimum absolute atomic E-state index is 0.0104. The Kier molecular flexibility index (Phi) is 4.33. The van der Waals surface area contributed by atoms with Crippen LogP contribution in [0, 0.1) is 0 Å². The van der Waals surface area contributed by atoms with Crippen molar-refractivity contribution < 1.29 is 9.59 Å². The number of hydrogen-bond acceptors (Lipinski definition) is 3. The Morgan fingerprint density at radius 3 is 2.64 bits per heavy atom. The first-order valence-corrected chi connectivity index (χ1v) is 9.29. The van der Waals surface area contributed by atoms with Crippen molar-refractivity contribution in [3.05, 3.63) is 28.8 Å². The molecule has 3 amide bonds. The molecule has 1 aromatic carbocycles. The van der Waals surface area contributed by atoms with E-state index in [1.165, 1.54) is 12.8 Å². The van der Waals surface area contributed by atoms with E-state index in [1.807, 2.05) is 11.9 Å². The van der Waals surface area contributed by atoms with Gasteiger partial charge in [0.05, 0.1) is 10.7 Å². The summed E-state index contributed by atoms with van der Waals surface area (Å²) in [6.07, 6.45) is 4.43. The molecule has 25 heavy (non-hydrogen) atoms. The highest BCUT2D eigenvalue weighted by atomic mass is 35.5. The molecule has 2 bridgehead atoms. The molecule has 3 saturated heterocycles. The fourth-order valence-corrected chi connectivity index (χ4v) is 4.49. The van der Waals surface area contributed by atoms with Gasteiger partial charge in [-0.1, -0.05) is 11.6 Å². The van der Waals surface area contributed by atoms with Gasteiger partial charge < -0.3 is 15.5 Å². The first-order valence-electron chi connectivity index (χ1n) is 8.91. The zero-order chi connectivity index (χ0) is 17.6. The Morgan fingerprint density at radius 2 is 2.00 bits per heavy atom. The molecule has 0 spiro atoms. The molecule has 3 heterocycles. The SMILES string of the molecule is CN(C(=O)c1ccc(Cl)c(N2CCNC2=O)c1)C1CC2CCC(C1)N2. The van der Waals surface area contributed by atoms with Gasteiger partial charge in [-0.15, -0.1) is 0 Å². The fourth-order valence-electron chi connectivity index (χ4n) is 4.27. The second-order valence-corrected chi connectivity index (χ2v) is 7.64. The predicted octanol–water partition coefficient (Wildman–Crippen LogP) is 2.22. The molecule has 0 aromatic heterocycles. The number of nitrogens with one attached hydrogen (secondary N) is 2. The Bertz CT molecular complexity index is 698. The van der Waals surface area contributed by atoms with Crippen molar-refractivity contribution in [3.8, 4) is 0 Å². The molecule has 0 aliphatic carbocycles. The molecular formula is C18H23ClN4O2. The van der Waals surface area contributed by atoms with Gasteiger partial charge in [-0.25, -0.2) is 4.79 Å². The van der Waals surface area contributed by atoms with Gasteiger partial charge >= 0.3 is 6.03 Å². The zero-order valence-electron chi connectivity index (χ0n) is 14.3. The zero-order valence-corrected chi connectivity index (χ0v) is 15.1. The molecule has 4 rings (SSSR count). The number of fused-ring (bicyclic) bond motifs is 2. The fraction of sp³-hybridized carbons (Fsp3) is 0.556. The summed E-state index contributed by atoms with van der Waals surface area (Å²) in [5.74, 6) is -0.0104. The van der Waals surface area contributed by atoms with Crippen LogP contribution in [0.3, 0.4) is 0 Å². The Labute approximate surface area is 152 Å². The van der Waals surface area contributed by atoms with Crippen LogP contribution in [0.5, 0.6) is 0 Å². The van der Waals surface area contributed by atoms with Gasteiger partial charge in [-0.2, -0.15) is 0 Å². The number of amides is 3. The summed E-state index contributed by atoms with van der Waals surface area (Å²) >= 11 is 6.27. The van der Waals surface area contributed by atoms with Gasteiger partial charge in [0.15, 0.2) is 0 Å². The van der Waals surface area contributed by atoms with E-state index in [-0.39, 0.29) is 18.0 Å². The van der Waals surface area contributed by atoms with Gasteiger partial charge in [0.1, 0.15) is 0 Å². The van der Waals surface area contributed by atoms with Crippen LogP contribution in [0.25, 0.3) is 0 Å². The highest BCUT2D eigenvalue weighted by Gasteiger charge is 2.36.